The van der Waals surface area contributed by atoms with E-state index in [2.05, 4.69) is 15.3 Å². The molecule has 1 amide bonds. The lowest BCUT2D eigenvalue weighted by atomic mass is 10.1. The Morgan fingerprint density at radius 3 is 2.88 bits per heavy atom. The van der Waals surface area contributed by atoms with Gasteiger partial charge in [-0.05, 0) is 19.8 Å². The third-order valence-electron chi connectivity index (χ3n) is 3.26. The summed E-state index contributed by atoms with van der Waals surface area (Å²) in [6, 6.07) is 0.390. The van der Waals surface area contributed by atoms with Gasteiger partial charge in [-0.15, -0.1) is 0 Å². The second-order valence-electron chi connectivity index (χ2n) is 4.40. The van der Waals surface area contributed by atoms with Crippen molar-refractivity contribution in [1.82, 2.24) is 20.2 Å². The van der Waals surface area contributed by atoms with Gasteiger partial charge in [-0.1, -0.05) is 0 Å². The van der Waals surface area contributed by atoms with Crippen LogP contribution in [-0.2, 0) is 6.54 Å². The highest BCUT2D eigenvalue weighted by Crippen LogP contribution is 2.11. The van der Waals surface area contributed by atoms with E-state index < -0.39 is 6.09 Å². The van der Waals surface area contributed by atoms with E-state index in [4.69, 9.17) is 5.11 Å². The number of amides is 1. The molecule has 94 valence electrons. The molecule has 1 aliphatic heterocycles. The molecule has 1 fully saturated rings. The Labute approximate surface area is 100 Å². The van der Waals surface area contributed by atoms with Crippen LogP contribution < -0.4 is 5.32 Å². The Kier molecular flexibility index (Phi) is 3.63. The second kappa shape index (κ2) is 5.18. The lowest BCUT2D eigenvalue weighted by Crippen LogP contribution is -2.44. The zero-order valence-corrected chi connectivity index (χ0v) is 9.94. The monoisotopic (exact) mass is 238 g/mol. The van der Waals surface area contributed by atoms with Gasteiger partial charge in [0.1, 0.15) is 0 Å². The average molecular weight is 238 g/mol. The van der Waals surface area contributed by atoms with Gasteiger partial charge >= 0.3 is 6.09 Å². The number of carboxylic acid groups (broad SMARTS) is 1. The Morgan fingerprint density at radius 2 is 2.35 bits per heavy atom. The van der Waals surface area contributed by atoms with Gasteiger partial charge in [-0.3, -0.25) is 0 Å². The quantitative estimate of drug-likeness (QED) is 0.732. The van der Waals surface area contributed by atoms with E-state index in [-0.39, 0.29) is 0 Å². The first kappa shape index (κ1) is 11.9. The summed E-state index contributed by atoms with van der Waals surface area (Å²) in [7, 11) is 0. The first-order valence-electron chi connectivity index (χ1n) is 5.87. The fourth-order valence-electron chi connectivity index (χ4n) is 2.08. The maximum Gasteiger partial charge on any atom is 0.407 e. The summed E-state index contributed by atoms with van der Waals surface area (Å²) in [5, 5.41) is 12.3. The fraction of sp³-hybridized carbons (Fsp3) is 0.636. The number of aromatic nitrogens is 2. The van der Waals surface area contributed by atoms with E-state index in [9.17, 15) is 4.79 Å². The minimum absolute atomic E-state index is 0.390. The van der Waals surface area contributed by atoms with Crippen LogP contribution in [0.2, 0.25) is 0 Å². The van der Waals surface area contributed by atoms with Crippen molar-refractivity contribution in [2.75, 3.05) is 13.1 Å². The van der Waals surface area contributed by atoms with Crippen LogP contribution in [0.25, 0.3) is 0 Å². The van der Waals surface area contributed by atoms with Crippen LogP contribution in [0, 0.1) is 6.92 Å². The van der Waals surface area contributed by atoms with Crippen molar-refractivity contribution in [3.8, 4) is 0 Å². The van der Waals surface area contributed by atoms with Gasteiger partial charge in [0.15, 0.2) is 0 Å². The molecule has 1 aliphatic rings. The lowest BCUT2D eigenvalue weighted by Gasteiger charge is -2.30. The molecule has 0 aliphatic carbocycles. The number of rotatable bonds is 3. The summed E-state index contributed by atoms with van der Waals surface area (Å²) < 4.78 is 0. The summed E-state index contributed by atoms with van der Waals surface area (Å²) in [4.78, 5) is 19.5. The first-order chi connectivity index (χ1) is 8.16. The van der Waals surface area contributed by atoms with Gasteiger partial charge in [0.2, 0.25) is 0 Å². The number of H-pyrrole nitrogens is 1. The third kappa shape index (κ3) is 2.97. The second-order valence-corrected chi connectivity index (χ2v) is 4.40. The molecule has 17 heavy (non-hydrogen) atoms. The van der Waals surface area contributed by atoms with Gasteiger partial charge in [0.25, 0.3) is 0 Å². The Morgan fingerprint density at radius 1 is 1.65 bits per heavy atom. The standard InChI is InChI=1S/C11H18N4O2/c1-8-10(14-7-13-8)6-12-9-2-4-15(5-3-9)11(16)17/h7,9,12H,2-6H2,1H3,(H,13,14)(H,16,17). The average Bonchev–Trinajstić information content (AvgIpc) is 2.73. The van der Waals surface area contributed by atoms with E-state index >= 15 is 0 Å². The molecule has 0 aromatic carbocycles. The fourth-order valence-corrected chi connectivity index (χ4v) is 2.08. The molecular formula is C11H18N4O2. The van der Waals surface area contributed by atoms with Gasteiger partial charge in [-0.25, -0.2) is 9.78 Å². The number of nitrogens with zero attached hydrogens (tertiary/aromatic N) is 2. The molecule has 2 heterocycles. The van der Waals surface area contributed by atoms with Crippen molar-refractivity contribution >= 4 is 6.09 Å². The normalized spacial score (nSPS) is 17.4. The molecule has 1 aromatic heterocycles. The minimum Gasteiger partial charge on any atom is -0.465 e. The number of piperidine rings is 1. The predicted molar refractivity (Wildman–Crippen MR) is 62.8 cm³/mol. The van der Waals surface area contributed by atoms with Crippen LogP contribution in [-0.4, -0.2) is 45.2 Å². The highest BCUT2D eigenvalue weighted by molar-refractivity contribution is 5.65. The van der Waals surface area contributed by atoms with Crippen LogP contribution >= 0.6 is 0 Å². The summed E-state index contributed by atoms with van der Waals surface area (Å²) in [5.41, 5.74) is 2.12. The van der Waals surface area contributed by atoms with E-state index in [0.29, 0.717) is 19.1 Å². The largest absolute Gasteiger partial charge is 0.465 e. The minimum atomic E-state index is -0.813. The van der Waals surface area contributed by atoms with Gasteiger partial charge in [0.05, 0.1) is 12.0 Å². The molecule has 0 saturated carbocycles. The Balaban J connectivity index is 1.75. The molecule has 0 unspecified atom stereocenters. The molecule has 2 rings (SSSR count). The van der Waals surface area contributed by atoms with Crippen molar-refractivity contribution in [2.24, 2.45) is 0 Å². The van der Waals surface area contributed by atoms with Crippen LogP contribution in [0.5, 0.6) is 0 Å². The topological polar surface area (TPSA) is 81.2 Å². The Hall–Kier alpha value is -1.56. The highest BCUT2D eigenvalue weighted by atomic mass is 16.4. The van der Waals surface area contributed by atoms with Crippen LogP contribution in [0.4, 0.5) is 4.79 Å². The number of imidazole rings is 1. The third-order valence-corrected chi connectivity index (χ3v) is 3.26. The van der Waals surface area contributed by atoms with Crippen LogP contribution in [0.3, 0.4) is 0 Å². The number of aryl methyl sites for hydroxylation is 1. The molecule has 0 bridgehead atoms. The maximum absolute atomic E-state index is 10.7. The number of hydrogen-bond acceptors (Lipinski definition) is 3. The number of hydrogen-bond donors (Lipinski definition) is 3. The molecule has 1 saturated heterocycles. The van der Waals surface area contributed by atoms with Gasteiger partial charge < -0.3 is 20.3 Å². The zero-order chi connectivity index (χ0) is 12.3. The summed E-state index contributed by atoms with van der Waals surface area (Å²) in [5.74, 6) is 0. The summed E-state index contributed by atoms with van der Waals surface area (Å²) >= 11 is 0. The van der Waals surface area contributed by atoms with Crippen molar-refractivity contribution in [3.63, 3.8) is 0 Å². The van der Waals surface area contributed by atoms with E-state index in [0.717, 1.165) is 30.8 Å². The summed E-state index contributed by atoms with van der Waals surface area (Å²) in [6.45, 7) is 3.98. The molecule has 3 N–H and O–H groups in total. The molecule has 0 radical (unpaired) electrons. The Bertz CT molecular complexity index is 383. The van der Waals surface area contributed by atoms with Crippen molar-refractivity contribution < 1.29 is 9.90 Å². The molecular weight excluding hydrogens is 220 g/mol. The molecule has 0 spiro atoms. The van der Waals surface area contributed by atoms with E-state index in [1.54, 1.807) is 6.33 Å². The molecule has 1 aromatic rings. The van der Waals surface area contributed by atoms with E-state index in [1.807, 2.05) is 6.92 Å². The van der Waals surface area contributed by atoms with Crippen molar-refractivity contribution in [2.45, 2.75) is 32.4 Å². The number of nitrogens with one attached hydrogen (secondary N) is 2. The highest BCUT2D eigenvalue weighted by Gasteiger charge is 2.21. The molecule has 0 atom stereocenters. The number of aromatic amines is 1. The number of likely N-dealkylation sites (tertiary alicyclic amines) is 1. The van der Waals surface area contributed by atoms with E-state index in [1.165, 1.54) is 4.90 Å². The van der Waals surface area contributed by atoms with Crippen LogP contribution in [0.1, 0.15) is 24.2 Å². The smallest absolute Gasteiger partial charge is 0.407 e. The first-order valence-corrected chi connectivity index (χ1v) is 5.87. The number of carbonyl (C=O) groups is 1. The SMILES string of the molecule is Cc1[nH]cnc1CNC1CCN(C(=O)O)CC1. The summed E-state index contributed by atoms with van der Waals surface area (Å²) in [6.07, 6.45) is 2.62. The molecule has 6 nitrogen and oxygen atoms in total. The van der Waals surface area contributed by atoms with Crippen LogP contribution in [0.15, 0.2) is 6.33 Å². The predicted octanol–water partition coefficient (Wildman–Crippen LogP) is 0.950. The molecule has 6 heteroatoms. The van der Waals surface area contributed by atoms with Gasteiger partial charge in [-0.2, -0.15) is 0 Å². The van der Waals surface area contributed by atoms with Gasteiger partial charge in [0, 0.05) is 31.4 Å². The van der Waals surface area contributed by atoms with Crippen molar-refractivity contribution in [1.29, 1.82) is 0 Å². The maximum atomic E-state index is 10.7. The zero-order valence-electron chi connectivity index (χ0n) is 9.94. The lowest BCUT2D eigenvalue weighted by molar-refractivity contribution is 0.129. The van der Waals surface area contributed by atoms with Crippen molar-refractivity contribution in [3.05, 3.63) is 17.7 Å².